The van der Waals surface area contributed by atoms with Gasteiger partial charge in [-0.25, -0.2) is 4.98 Å². The van der Waals surface area contributed by atoms with Gasteiger partial charge in [0.05, 0.1) is 12.3 Å². The highest BCUT2D eigenvalue weighted by atomic mass is 32.1. The first-order valence-electron chi connectivity index (χ1n) is 8.37. The normalized spacial score (nSPS) is 16.7. The molecule has 128 valence electrons. The van der Waals surface area contributed by atoms with E-state index in [1.165, 1.54) is 16.9 Å². The molecule has 0 spiro atoms. The fourth-order valence-corrected chi connectivity index (χ4v) is 3.84. The number of anilines is 1. The summed E-state index contributed by atoms with van der Waals surface area (Å²) < 4.78 is 5.79. The van der Waals surface area contributed by atoms with E-state index in [-0.39, 0.29) is 5.91 Å². The third-order valence-electron chi connectivity index (χ3n) is 4.15. The fourth-order valence-electron chi connectivity index (χ4n) is 2.89. The van der Waals surface area contributed by atoms with Crippen LogP contribution in [0.1, 0.15) is 34.3 Å². The molecule has 0 aliphatic carbocycles. The molecule has 1 unspecified atom stereocenters. The van der Waals surface area contributed by atoms with Crippen molar-refractivity contribution in [3.05, 3.63) is 40.4 Å². The molecule has 1 aliphatic rings. The molecule has 2 heterocycles. The summed E-state index contributed by atoms with van der Waals surface area (Å²) in [6.45, 7) is 6.05. The zero-order valence-electron chi connectivity index (χ0n) is 14.1. The van der Waals surface area contributed by atoms with Crippen molar-refractivity contribution in [3.63, 3.8) is 0 Å². The Kier molecular flexibility index (Phi) is 5.35. The van der Waals surface area contributed by atoms with Gasteiger partial charge >= 0.3 is 0 Å². The van der Waals surface area contributed by atoms with Crippen molar-refractivity contribution in [1.82, 2.24) is 10.3 Å². The Hall–Kier alpha value is -2.08. The lowest BCUT2D eigenvalue weighted by Gasteiger charge is -2.14. The summed E-state index contributed by atoms with van der Waals surface area (Å²) in [5.74, 6) is 1.33. The van der Waals surface area contributed by atoms with Crippen molar-refractivity contribution in [3.8, 4) is 5.75 Å². The minimum absolute atomic E-state index is 0.0346. The van der Waals surface area contributed by atoms with Crippen LogP contribution in [0.15, 0.2) is 24.3 Å². The first kappa shape index (κ1) is 16.8. The van der Waals surface area contributed by atoms with Gasteiger partial charge in [0.25, 0.3) is 5.91 Å². The van der Waals surface area contributed by atoms with E-state index in [0.29, 0.717) is 23.9 Å². The molecule has 2 N–H and O–H groups in total. The second-order valence-corrected chi connectivity index (χ2v) is 6.99. The van der Waals surface area contributed by atoms with E-state index < -0.39 is 0 Å². The van der Waals surface area contributed by atoms with Crippen molar-refractivity contribution in [1.29, 1.82) is 0 Å². The van der Waals surface area contributed by atoms with Crippen LogP contribution >= 0.6 is 11.3 Å². The zero-order chi connectivity index (χ0) is 16.9. The topological polar surface area (TPSA) is 63.2 Å². The number of hydrogen-bond acceptors (Lipinski definition) is 5. The Bertz CT molecular complexity index is 714. The number of nitrogens with zero attached hydrogens (tertiary/aromatic N) is 1. The largest absolute Gasteiger partial charge is 0.493 e. The van der Waals surface area contributed by atoms with Gasteiger partial charge in [0.15, 0.2) is 5.13 Å². The number of hydrogen-bond donors (Lipinski definition) is 2. The van der Waals surface area contributed by atoms with Gasteiger partial charge in [-0.05, 0) is 44.2 Å². The number of rotatable bonds is 5. The van der Waals surface area contributed by atoms with Gasteiger partial charge in [0, 0.05) is 13.1 Å². The Morgan fingerprint density at radius 1 is 1.42 bits per heavy atom. The van der Waals surface area contributed by atoms with E-state index in [4.69, 9.17) is 4.74 Å². The van der Waals surface area contributed by atoms with E-state index in [2.05, 4.69) is 21.7 Å². The van der Waals surface area contributed by atoms with Crippen LogP contribution in [0.25, 0.3) is 0 Å². The monoisotopic (exact) mass is 345 g/mol. The summed E-state index contributed by atoms with van der Waals surface area (Å²) in [6.07, 6.45) is 1.88. The lowest BCUT2D eigenvalue weighted by atomic mass is 9.97. The summed E-state index contributed by atoms with van der Waals surface area (Å²) in [4.78, 5) is 17.5. The maximum absolute atomic E-state index is 12.5. The Morgan fingerprint density at radius 3 is 3.08 bits per heavy atom. The number of aryl methyl sites for hydroxylation is 1. The Balaban J connectivity index is 1.60. The molecule has 0 saturated carbocycles. The smallest absolute Gasteiger partial charge is 0.263 e. The lowest BCUT2D eigenvalue weighted by molar-refractivity contribution is 0.0948. The molecule has 0 radical (unpaired) electrons. The van der Waals surface area contributed by atoms with Crippen LogP contribution in [0.2, 0.25) is 0 Å². The molecule has 0 saturated heterocycles. The molecule has 0 fully saturated rings. The first-order valence-corrected chi connectivity index (χ1v) is 9.19. The summed E-state index contributed by atoms with van der Waals surface area (Å²) in [5, 5.41) is 7.03. The molecule has 1 aromatic carbocycles. The quantitative estimate of drug-likeness (QED) is 0.873. The van der Waals surface area contributed by atoms with Gasteiger partial charge < -0.3 is 15.4 Å². The molecule has 24 heavy (non-hydrogen) atoms. The number of aromatic nitrogens is 1. The van der Waals surface area contributed by atoms with Gasteiger partial charge in [-0.1, -0.05) is 29.5 Å². The van der Waals surface area contributed by atoms with E-state index in [0.717, 1.165) is 36.0 Å². The number of para-hydroxylation sites is 1. The average molecular weight is 345 g/mol. The molecule has 3 rings (SSSR count). The minimum Gasteiger partial charge on any atom is -0.493 e. The van der Waals surface area contributed by atoms with E-state index in [1.54, 1.807) is 0 Å². The average Bonchev–Trinajstić information content (AvgIpc) is 2.81. The summed E-state index contributed by atoms with van der Waals surface area (Å²) >= 11 is 1.41. The van der Waals surface area contributed by atoms with Crippen LogP contribution < -0.4 is 15.4 Å². The number of ether oxygens (including phenoxy) is 1. The van der Waals surface area contributed by atoms with Crippen molar-refractivity contribution in [2.75, 3.05) is 25.0 Å². The second-order valence-electron chi connectivity index (χ2n) is 5.99. The zero-order valence-corrected chi connectivity index (χ0v) is 14.9. The Labute approximate surface area is 146 Å². The van der Waals surface area contributed by atoms with Crippen LogP contribution in [0.5, 0.6) is 5.75 Å². The highest BCUT2D eigenvalue weighted by Gasteiger charge is 2.20. The van der Waals surface area contributed by atoms with Crippen molar-refractivity contribution >= 4 is 22.4 Å². The van der Waals surface area contributed by atoms with Crippen LogP contribution in [0.3, 0.4) is 0 Å². The molecule has 1 amide bonds. The maximum Gasteiger partial charge on any atom is 0.263 e. The number of nitrogens with one attached hydrogen (secondary N) is 2. The molecule has 1 aromatic heterocycles. The standard InChI is InChI=1S/C18H23N3O2S/c1-3-19-18-21-12(2)16(24-18)17(22)20-11-13-8-9-23-15-7-5-4-6-14(15)10-13/h4-7,13H,3,8-11H2,1-2H3,(H,19,21)(H,20,22). The summed E-state index contributed by atoms with van der Waals surface area (Å²) in [7, 11) is 0. The van der Waals surface area contributed by atoms with Crippen LogP contribution in [-0.2, 0) is 6.42 Å². The van der Waals surface area contributed by atoms with E-state index >= 15 is 0 Å². The fraction of sp³-hybridized carbons (Fsp3) is 0.444. The molecular weight excluding hydrogens is 322 g/mol. The maximum atomic E-state index is 12.5. The second kappa shape index (κ2) is 7.66. The van der Waals surface area contributed by atoms with Crippen molar-refractivity contribution in [2.45, 2.75) is 26.7 Å². The van der Waals surface area contributed by atoms with Crippen molar-refractivity contribution in [2.24, 2.45) is 5.92 Å². The number of thiazole rings is 1. The molecule has 5 nitrogen and oxygen atoms in total. The number of fused-ring (bicyclic) bond motifs is 1. The predicted octanol–water partition coefficient (Wildman–Crippen LogP) is 3.25. The van der Waals surface area contributed by atoms with Gasteiger partial charge in [-0.2, -0.15) is 0 Å². The van der Waals surface area contributed by atoms with E-state index in [1.807, 2.05) is 32.0 Å². The molecular formula is C18H23N3O2S. The highest BCUT2D eigenvalue weighted by molar-refractivity contribution is 7.17. The number of amides is 1. The van der Waals surface area contributed by atoms with Crippen LogP contribution in [-0.4, -0.2) is 30.6 Å². The van der Waals surface area contributed by atoms with Gasteiger partial charge in [0.2, 0.25) is 0 Å². The third-order valence-corrected chi connectivity index (χ3v) is 5.26. The summed E-state index contributed by atoms with van der Waals surface area (Å²) in [5.41, 5.74) is 2.00. The minimum atomic E-state index is -0.0346. The number of carbonyl (C=O) groups is 1. The van der Waals surface area contributed by atoms with Crippen LogP contribution in [0, 0.1) is 12.8 Å². The first-order chi connectivity index (χ1) is 11.7. The summed E-state index contributed by atoms with van der Waals surface area (Å²) in [6, 6.07) is 8.15. The van der Waals surface area contributed by atoms with Gasteiger partial charge in [-0.3, -0.25) is 4.79 Å². The molecule has 0 bridgehead atoms. The third kappa shape index (κ3) is 3.87. The Morgan fingerprint density at radius 2 is 2.25 bits per heavy atom. The number of carbonyl (C=O) groups excluding carboxylic acids is 1. The SMILES string of the molecule is CCNc1nc(C)c(C(=O)NCC2CCOc3ccccc3C2)s1. The van der Waals surface area contributed by atoms with Crippen molar-refractivity contribution < 1.29 is 9.53 Å². The molecule has 2 aromatic rings. The molecule has 6 heteroatoms. The van der Waals surface area contributed by atoms with Gasteiger partial charge in [0.1, 0.15) is 10.6 Å². The molecule has 1 atom stereocenters. The highest BCUT2D eigenvalue weighted by Crippen LogP contribution is 2.26. The van der Waals surface area contributed by atoms with Crippen LogP contribution in [0.4, 0.5) is 5.13 Å². The lowest BCUT2D eigenvalue weighted by Crippen LogP contribution is -2.30. The van der Waals surface area contributed by atoms with Gasteiger partial charge in [-0.15, -0.1) is 0 Å². The number of benzene rings is 1. The molecule has 1 aliphatic heterocycles. The predicted molar refractivity (Wildman–Crippen MR) is 97.1 cm³/mol. The van der Waals surface area contributed by atoms with E-state index in [9.17, 15) is 4.79 Å².